The number of H-pyrrole nitrogens is 2. The molecule has 0 aliphatic carbocycles. The van der Waals surface area contributed by atoms with Crippen molar-refractivity contribution in [2.45, 2.75) is 27.4 Å². The summed E-state index contributed by atoms with van der Waals surface area (Å²) in [4.78, 5) is 38.1. The minimum atomic E-state index is -0.511. The number of hydrogen-bond donors (Lipinski definition) is 2. The molecule has 0 saturated carbocycles. The molecular weight excluding hydrogens is 404 g/mol. The zero-order chi connectivity index (χ0) is 22.7. The fourth-order valence-corrected chi connectivity index (χ4v) is 3.09. The third kappa shape index (κ3) is 4.83. The van der Waals surface area contributed by atoms with Crippen molar-refractivity contribution in [1.29, 1.82) is 0 Å². The summed E-state index contributed by atoms with van der Waals surface area (Å²) in [5.74, 6) is -0.220. The van der Waals surface area contributed by atoms with Gasteiger partial charge in [0.1, 0.15) is 12.3 Å². The van der Waals surface area contributed by atoms with Crippen LogP contribution >= 0.6 is 0 Å². The van der Waals surface area contributed by atoms with Crippen LogP contribution in [0, 0.1) is 5.41 Å². The highest BCUT2D eigenvalue weighted by molar-refractivity contribution is 5.82. The number of hydrogen-bond acceptors (Lipinski definition) is 5. The topological polar surface area (TPSA) is 101 Å². The molecule has 0 aliphatic rings. The molecule has 2 N–H and O–H groups in total. The average molecular weight is 428 g/mol. The van der Waals surface area contributed by atoms with Crippen LogP contribution in [0.15, 0.2) is 59.8 Å². The number of benzene rings is 1. The molecule has 0 fully saturated rings. The molecule has 0 unspecified atom stereocenters. The number of esters is 1. The lowest BCUT2D eigenvalue weighted by Crippen LogP contribution is -2.22. The van der Waals surface area contributed by atoms with E-state index in [1.54, 1.807) is 12.3 Å². The Morgan fingerprint density at radius 2 is 1.84 bits per heavy atom. The Balaban J connectivity index is 1.46. The highest BCUT2D eigenvalue weighted by atomic mass is 16.5. The molecule has 4 rings (SSSR count). The Morgan fingerprint density at radius 3 is 2.56 bits per heavy atom. The van der Waals surface area contributed by atoms with E-state index >= 15 is 0 Å². The molecule has 7 heteroatoms. The van der Waals surface area contributed by atoms with Gasteiger partial charge in [-0.1, -0.05) is 30.3 Å². The van der Waals surface area contributed by atoms with Crippen LogP contribution in [0.3, 0.4) is 0 Å². The third-order valence-corrected chi connectivity index (χ3v) is 4.93. The zero-order valence-electron chi connectivity index (χ0n) is 18.2. The van der Waals surface area contributed by atoms with Crippen LogP contribution in [0.4, 0.5) is 0 Å². The molecule has 0 atom stereocenters. The first-order valence-electron chi connectivity index (χ1n) is 10.3. The summed E-state index contributed by atoms with van der Waals surface area (Å²) < 4.78 is 5.35. The molecule has 0 aliphatic heterocycles. The highest BCUT2D eigenvalue weighted by Gasteiger charge is 2.22. The number of aromatic amines is 2. The number of fused-ring (bicyclic) bond motifs is 1. The van der Waals surface area contributed by atoms with Crippen molar-refractivity contribution in [3.05, 3.63) is 82.2 Å². The molecule has 0 bridgehead atoms. The summed E-state index contributed by atoms with van der Waals surface area (Å²) in [5.41, 5.74) is 4.29. The van der Waals surface area contributed by atoms with Crippen molar-refractivity contribution in [2.75, 3.05) is 0 Å². The van der Waals surface area contributed by atoms with Crippen LogP contribution in [0.25, 0.3) is 34.4 Å². The van der Waals surface area contributed by atoms with E-state index < -0.39 is 5.41 Å². The van der Waals surface area contributed by atoms with Crippen molar-refractivity contribution < 1.29 is 9.53 Å². The van der Waals surface area contributed by atoms with Gasteiger partial charge in [-0.15, -0.1) is 0 Å². The molecule has 0 spiro atoms. The molecule has 0 saturated heterocycles. The first-order valence-corrected chi connectivity index (χ1v) is 10.3. The van der Waals surface area contributed by atoms with Crippen molar-refractivity contribution in [3.8, 4) is 11.3 Å². The van der Waals surface area contributed by atoms with E-state index in [1.807, 2.05) is 69.3 Å². The van der Waals surface area contributed by atoms with Gasteiger partial charge in [-0.3, -0.25) is 14.6 Å². The van der Waals surface area contributed by atoms with E-state index in [9.17, 15) is 9.59 Å². The predicted octanol–water partition coefficient (Wildman–Crippen LogP) is 4.57. The Kier molecular flexibility index (Phi) is 5.73. The van der Waals surface area contributed by atoms with Crippen LogP contribution in [0.1, 0.15) is 37.6 Å². The maximum atomic E-state index is 11.9. The first kappa shape index (κ1) is 21.2. The summed E-state index contributed by atoms with van der Waals surface area (Å²) in [6.45, 7) is 5.76. The summed E-state index contributed by atoms with van der Waals surface area (Å²) in [6, 6.07) is 13.4. The Hall–Kier alpha value is -4.00. The molecule has 3 aromatic heterocycles. The van der Waals surface area contributed by atoms with Gasteiger partial charge in [0.25, 0.3) is 5.56 Å². The fourth-order valence-electron chi connectivity index (χ4n) is 3.09. The monoisotopic (exact) mass is 428 g/mol. The minimum absolute atomic E-state index is 0.178. The predicted molar refractivity (Wildman–Crippen MR) is 125 cm³/mol. The maximum Gasteiger partial charge on any atom is 0.311 e. The van der Waals surface area contributed by atoms with Gasteiger partial charge in [-0.05, 0) is 56.2 Å². The second kappa shape index (κ2) is 8.63. The molecule has 7 nitrogen and oxygen atoms in total. The smallest absolute Gasteiger partial charge is 0.311 e. The van der Waals surface area contributed by atoms with Gasteiger partial charge < -0.3 is 14.7 Å². The number of rotatable bonds is 5. The van der Waals surface area contributed by atoms with E-state index in [4.69, 9.17) is 4.74 Å². The minimum Gasteiger partial charge on any atom is -0.460 e. The van der Waals surface area contributed by atoms with Gasteiger partial charge >= 0.3 is 5.97 Å². The van der Waals surface area contributed by atoms with E-state index in [-0.39, 0.29) is 18.1 Å². The number of nitrogens with zero attached hydrogens (tertiary/aromatic N) is 2. The second-order valence-corrected chi connectivity index (χ2v) is 8.55. The van der Waals surface area contributed by atoms with Crippen LogP contribution in [-0.2, 0) is 16.1 Å². The Morgan fingerprint density at radius 1 is 1.06 bits per heavy atom. The first-order chi connectivity index (χ1) is 15.3. The molecule has 32 heavy (non-hydrogen) atoms. The van der Waals surface area contributed by atoms with Gasteiger partial charge in [0, 0.05) is 17.5 Å². The summed E-state index contributed by atoms with van der Waals surface area (Å²) >= 11 is 0. The number of pyridine rings is 1. The molecule has 1 aromatic carbocycles. The normalized spacial score (nSPS) is 11.8. The van der Waals surface area contributed by atoms with Gasteiger partial charge in [-0.25, -0.2) is 4.98 Å². The number of aromatic nitrogens is 4. The zero-order valence-corrected chi connectivity index (χ0v) is 18.2. The summed E-state index contributed by atoms with van der Waals surface area (Å²) in [7, 11) is 0. The molecule has 4 aromatic rings. The molecular formula is C25H24N4O3. The highest BCUT2D eigenvalue weighted by Crippen LogP contribution is 2.22. The molecule has 162 valence electrons. The number of carbonyl (C=O) groups excluding carboxylic acids is 1. The second-order valence-electron chi connectivity index (χ2n) is 8.55. The van der Waals surface area contributed by atoms with Gasteiger partial charge in [0.15, 0.2) is 0 Å². The lowest BCUT2D eigenvalue weighted by Gasteiger charge is -2.16. The quantitative estimate of drug-likeness (QED) is 0.454. The van der Waals surface area contributed by atoms with Gasteiger partial charge in [0.2, 0.25) is 0 Å². The SMILES string of the molecule is CC(C)(C)C(=O)OCc1ccc(C=Cc2cc(-c3cc4c(=O)[nH]cnc4[nH]3)ccn2)cc1. The maximum absolute atomic E-state index is 11.9. The number of carbonyl (C=O) groups is 1. The number of nitrogens with one attached hydrogen (secondary N) is 2. The van der Waals surface area contributed by atoms with Crippen molar-refractivity contribution in [3.63, 3.8) is 0 Å². The Bertz CT molecular complexity index is 1340. The van der Waals surface area contributed by atoms with Crippen molar-refractivity contribution in [2.24, 2.45) is 5.41 Å². The van der Waals surface area contributed by atoms with Gasteiger partial charge in [-0.2, -0.15) is 0 Å². The van der Waals surface area contributed by atoms with Crippen LogP contribution in [-0.4, -0.2) is 25.9 Å². The lowest BCUT2D eigenvalue weighted by molar-refractivity contribution is -0.154. The summed E-state index contributed by atoms with van der Waals surface area (Å²) in [5, 5.41) is 0.518. The van der Waals surface area contributed by atoms with E-state index in [0.717, 1.165) is 28.1 Å². The lowest BCUT2D eigenvalue weighted by atomic mass is 9.97. The van der Waals surface area contributed by atoms with Crippen LogP contribution < -0.4 is 5.56 Å². The third-order valence-electron chi connectivity index (χ3n) is 4.93. The van der Waals surface area contributed by atoms with E-state index in [0.29, 0.717) is 11.0 Å². The average Bonchev–Trinajstić information content (AvgIpc) is 3.22. The summed E-state index contributed by atoms with van der Waals surface area (Å²) in [6.07, 6.45) is 7.00. The van der Waals surface area contributed by atoms with E-state index in [2.05, 4.69) is 19.9 Å². The van der Waals surface area contributed by atoms with Crippen molar-refractivity contribution >= 4 is 29.2 Å². The van der Waals surface area contributed by atoms with Gasteiger partial charge in [0.05, 0.1) is 22.8 Å². The van der Waals surface area contributed by atoms with Crippen LogP contribution in [0.2, 0.25) is 0 Å². The molecule has 0 amide bonds. The largest absolute Gasteiger partial charge is 0.460 e. The number of ether oxygens (including phenoxy) is 1. The standard InChI is InChI=1S/C25H24N4O3/c1-25(2,3)24(31)32-14-17-6-4-16(5-7-17)8-9-19-12-18(10-11-26-19)21-13-20-22(29-21)27-15-28-23(20)30/h4-13,15H,14H2,1-3H3,(H2,27,28,29,30). The van der Waals surface area contributed by atoms with Crippen LogP contribution in [0.5, 0.6) is 0 Å². The molecule has 0 radical (unpaired) electrons. The fraction of sp³-hybridized carbons (Fsp3) is 0.200. The van der Waals surface area contributed by atoms with E-state index in [1.165, 1.54) is 6.33 Å². The molecule has 3 heterocycles. The van der Waals surface area contributed by atoms with Crippen molar-refractivity contribution in [1.82, 2.24) is 19.9 Å². The Labute approximate surface area is 185 Å².